The number of morpholine rings is 1. The van der Waals surface area contributed by atoms with E-state index in [-0.39, 0.29) is 30.6 Å². The molecule has 2 aliphatic heterocycles. The smallest absolute Gasteiger partial charge is 0.232 e. The van der Waals surface area contributed by atoms with E-state index >= 15 is 0 Å². The molecule has 0 aliphatic carbocycles. The number of ether oxygens (including phenoxy) is 1. The van der Waals surface area contributed by atoms with Crippen LogP contribution >= 0.6 is 0 Å². The SMILES string of the molecule is O=C(N[C@H]1C[C@H]2CO[C@@H](CCO)CN2C1)C(c1ccccc1)c1ccccc1. The summed E-state index contributed by atoms with van der Waals surface area (Å²) in [7, 11) is 0. The van der Waals surface area contributed by atoms with Crippen LogP contribution in [0.3, 0.4) is 0 Å². The van der Waals surface area contributed by atoms with Crippen LogP contribution in [0.25, 0.3) is 0 Å². The van der Waals surface area contributed by atoms with Crippen LogP contribution < -0.4 is 5.32 Å². The van der Waals surface area contributed by atoms with Gasteiger partial charge in [0, 0.05) is 31.8 Å². The Morgan fingerprint density at radius 1 is 1.07 bits per heavy atom. The van der Waals surface area contributed by atoms with Gasteiger partial charge in [-0.05, 0) is 24.0 Å². The van der Waals surface area contributed by atoms with Crippen molar-refractivity contribution >= 4 is 5.91 Å². The average molecular weight is 380 g/mol. The zero-order chi connectivity index (χ0) is 19.3. The van der Waals surface area contributed by atoms with Crippen molar-refractivity contribution < 1.29 is 14.6 Å². The maximum atomic E-state index is 13.3. The quantitative estimate of drug-likeness (QED) is 0.806. The maximum Gasteiger partial charge on any atom is 0.232 e. The van der Waals surface area contributed by atoms with Crippen molar-refractivity contribution in [3.05, 3.63) is 71.8 Å². The average Bonchev–Trinajstić information content (AvgIpc) is 3.11. The summed E-state index contributed by atoms with van der Waals surface area (Å²) >= 11 is 0. The van der Waals surface area contributed by atoms with E-state index in [0.717, 1.165) is 30.6 Å². The summed E-state index contributed by atoms with van der Waals surface area (Å²) < 4.78 is 5.86. The lowest BCUT2D eigenvalue weighted by atomic mass is 9.90. The van der Waals surface area contributed by atoms with Crippen LogP contribution in [0.1, 0.15) is 29.9 Å². The third kappa shape index (κ3) is 4.27. The molecule has 2 aliphatic rings. The molecule has 2 fully saturated rings. The van der Waals surface area contributed by atoms with Crippen LogP contribution in [0, 0.1) is 0 Å². The molecule has 5 nitrogen and oxygen atoms in total. The van der Waals surface area contributed by atoms with Crippen LogP contribution in [0.5, 0.6) is 0 Å². The first-order valence-electron chi connectivity index (χ1n) is 10.1. The van der Waals surface area contributed by atoms with Crippen molar-refractivity contribution in [2.45, 2.75) is 36.9 Å². The van der Waals surface area contributed by atoms with E-state index in [2.05, 4.69) is 10.2 Å². The first kappa shape index (κ1) is 19.1. The summed E-state index contributed by atoms with van der Waals surface area (Å²) in [5.74, 6) is -0.256. The van der Waals surface area contributed by atoms with Crippen LogP contribution in [0.15, 0.2) is 60.7 Å². The van der Waals surface area contributed by atoms with E-state index in [1.165, 1.54) is 0 Å². The van der Waals surface area contributed by atoms with E-state index in [1.807, 2.05) is 60.7 Å². The molecule has 28 heavy (non-hydrogen) atoms. The third-order valence-electron chi connectivity index (χ3n) is 5.82. The molecule has 3 atom stereocenters. The highest BCUT2D eigenvalue weighted by Crippen LogP contribution is 2.28. The summed E-state index contributed by atoms with van der Waals surface area (Å²) in [5, 5.41) is 12.4. The minimum Gasteiger partial charge on any atom is -0.396 e. The fourth-order valence-corrected chi connectivity index (χ4v) is 4.44. The largest absolute Gasteiger partial charge is 0.396 e. The lowest BCUT2D eigenvalue weighted by Gasteiger charge is -2.34. The molecule has 0 bridgehead atoms. The Labute approximate surface area is 166 Å². The molecule has 2 heterocycles. The van der Waals surface area contributed by atoms with Gasteiger partial charge in [-0.15, -0.1) is 0 Å². The number of hydrogen-bond donors (Lipinski definition) is 2. The van der Waals surface area contributed by atoms with Gasteiger partial charge in [0.15, 0.2) is 0 Å². The number of carbonyl (C=O) groups is 1. The van der Waals surface area contributed by atoms with Crippen LogP contribution in [0.2, 0.25) is 0 Å². The molecule has 2 aromatic carbocycles. The Bertz CT molecular complexity index is 728. The predicted molar refractivity (Wildman–Crippen MR) is 108 cm³/mol. The van der Waals surface area contributed by atoms with Gasteiger partial charge >= 0.3 is 0 Å². The number of benzene rings is 2. The normalized spacial score (nSPS) is 24.9. The minimum absolute atomic E-state index is 0.0510. The number of aliphatic hydroxyl groups is 1. The van der Waals surface area contributed by atoms with E-state index < -0.39 is 0 Å². The zero-order valence-corrected chi connectivity index (χ0v) is 16.0. The number of rotatable bonds is 6. The molecule has 0 aromatic heterocycles. The van der Waals surface area contributed by atoms with Gasteiger partial charge in [-0.2, -0.15) is 0 Å². The van der Waals surface area contributed by atoms with Gasteiger partial charge in [0.2, 0.25) is 5.91 Å². The van der Waals surface area contributed by atoms with Gasteiger partial charge in [-0.25, -0.2) is 0 Å². The Hall–Kier alpha value is -2.21. The van der Waals surface area contributed by atoms with Gasteiger partial charge in [0.1, 0.15) is 0 Å². The summed E-state index contributed by atoms with van der Waals surface area (Å²) in [6, 6.07) is 20.4. The van der Waals surface area contributed by atoms with Gasteiger partial charge in [0.25, 0.3) is 0 Å². The zero-order valence-electron chi connectivity index (χ0n) is 16.0. The number of aliphatic hydroxyl groups excluding tert-OH is 1. The molecule has 2 saturated heterocycles. The van der Waals surface area contributed by atoms with Crippen LogP contribution in [-0.2, 0) is 9.53 Å². The fraction of sp³-hybridized carbons (Fsp3) is 0.435. The molecule has 0 radical (unpaired) electrons. The van der Waals surface area contributed by atoms with E-state index in [4.69, 9.17) is 9.84 Å². The van der Waals surface area contributed by atoms with Gasteiger partial charge in [-0.3, -0.25) is 9.69 Å². The van der Waals surface area contributed by atoms with Crippen molar-refractivity contribution in [3.63, 3.8) is 0 Å². The van der Waals surface area contributed by atoms with E-state index in [0.29, 0.717) is 19.1 Å². The second-order valence-corrected chi connectivity index (χ2v) is 7.77. The molecule has 1 amide bonds. The summed E-state index contributed by atoms with van der Waals surface area (Å²) in [6.07, 6.45) is 1.68. The van der Waals surface area contributed by atoms with E-state index in [9.17, 15) is 4.79 Å². The van der Waals surface area contributed by atoms with Crippen LogP contribution in [0.4, 0.5) is 0 Å². The molecular formula is C23H28N2O3. The second kappa shape index (κ2) is 8.86. The summed E-state index contributed by atoms with van der Waals surface area (Å²) in [5.41, 5.74) is 2.02. The number of nitrogens with one attached hydrogen (secondary N) is 1. The molecule has 0 saturated carbocycles. The second-order valence-electron chi connectivity index (χ2n) is 7.77. The number of nitrogens with zero attached hydrogens (tertiary/aromatic N) is 1. The van der Waals surface area contributed by atoms with Gasteiger partial charge in [-0.1, -0.05) is 60.7 Å². The number of carbonyl (C=O) groups excluding carboxylic acids is 1. The van der Waals surface area contributed by atoms with Crippen molar-refractivity contribution in [2.24, 2.45) is 0 Å². The van der Waals surface area contributed by atoms with Crippen LogP contribution in [-0.4, -0.2) is 60.4 Å². The van der Waals surface area contributed by atoms with Crippen molar-refractivity contribution in [1.82, 2.24) is 10.2 Å². The molecule has 0 spiro atoms. The minimum atomic E-state index is -0.307. The summed E-state index contributed by atoms with van der Waals surface area (Å²) in [4.78, 5) is 15.7. The first-order valence-corrected chi connectivity index (χ1v) is 10.1. The van der Waals surface area contributed by atoms with E-state index in [1.54, 1.807) is 0 Å². The van der Waals surface area contributed by atoms with Gasteiger partial charge in [0.05, 0.1) is 18.6 Å². The Morgan fingerprint density at radius 3 is 2.32 bits per heavy atom. The van der Waals surface area contributed by atoms with Crippen molar-refractivity contribution in [3.8, 4) is 0 Å². The van der Waals surface area contributed by atoms with Crippen molar-refractivity contribution in [2.75, 3.05) is 26.3 Å². The molecule has 5 heteroatoms. The highest BCUT2D eigenvalue weighted by atomic mass is 16.5. The third-order valence-corrected chi connectivity index (χ3v) is 5.82. The monoisotopic (exact) mass is 380 g/mol. The fourth-order valence-electron chi connectivity index (χ4n) is 4.44. The lowest BCUT2D eigenvalue weighted by Crippen LogP contribution is -2.46. The number of fused-ring (bicyclic) bond motifs is 1. The molecule has 2 N–H and O–H groups in total. The van der Waals surface area contributed by atoms with Crippen molar-refractivity contribution in [1.29, 1.82) is 0 Å². The first-order chi connectivity index (χ1) is 13.7. The predicted octanol–water partition coefficient (Wildman–Crippen LogP) is 2.16. The molecule has 148 valence electrons. The highest BCUT2D eigenvalue weighted by Gasteiger charge is 2.38. The molecular weight excluding hydrogens is 352 g/mol. The Kier molecular flexibility index (Phi) is 6.05. The van der Waals surface area contributed by atoms with Gasteiger partial charge < -0.3 is 15.2 Å². The highest BCUT2D eigenvalue weighted by molar-refractivity contribution is 5.87. The number of amides is 1. The summed E-state index contributed by atoms with van der Waals surface area (Å²) in [6.45, 7) is 2.51. The topological polar surface area (TPSA) is 61.8 Å². The lowest BCUT2D eigenvalue weighted by molar-refractivity contribution is -0.122. The Balaban J connectivity index is 1.45. The molecule has 2 aromatic rings. The molecule has 0 unspecified atom stereocenters. The number of hydrogen-bond acceptors (Lipinski definition) is 4. The molecule has 4 rings (SSSR count). The Morgan fingerprint density at radius 2 is 1.71 bits per heavy atom. The standard InChI is InChI=1S/C23H28N2O3/c26-12-11-21-15-25-14-19(13-20(25)16-28-21)24-23(27)22(17-7-3-1-4-8-17)18-9-5-2-6-10-18/h1-10,19-22,26H,11-16H2,(H,24,27)/t19-,20-,21-/m0/s1. The maximum absolute atomic E-state index is 13.3.